The normalized spacial score (nSPS) is 12.0. The second-order valence-corrected chi connectivity index (χ2v) is 5.53. The van der Waals surface area contributed by atoms with Gasteiger partial charge in [-0.1, -0.05) is 50.9 Å². The summed E-state index contributed by atoms with van der Waals surface area (Å²) in [7, 11) is 0. The molecule has 1 N–H and O–H groups in total. The van der Waals surface area contributed by atoms with Crippen LogP contribution in [0.5, 0.6) is 0 Å². The van der Waals surface area contributed by atoms with E-state index in [4.69, 9.17) is 0 Å². The SMILES string of the molecule is C[C@@H](C/C=C/c1cc(Br)cc(Br)c1)C(=O)NF.[Ar]. The standard InChI is InChI=1S/C12H12Br2FNO.Ar/c1-8(12(17)16-15)3-2-4-9-5-10(13)7-11(14)6-9;/h2,4-8H,3H2,1H3,(H,16,17);/b4-2+;/t8-;/m0./s1. The molecule has 0 aliphatic rings. The van der Waals surface area contributed by atoms with Crippen LogP contribution in [-0.2, 0) is 4.79 Å². The Kier molecular flexibility index (Phi) is 9.78. The van der Waals surface area contributed by atoms with Crippen LogP contribution in [0.3, 0.4) is 0 Å². The number of hydrogen-bond acceptors (Lipinski definition) is 1. The molecule has 18 heavy (non-hydrogen) atoms. The molecule has 0 radical (unpaired) electrons. The molecule has 0 spiro atoms. The molecule has 100 valence electrons. The van der Waals surface area contributed by atoms with E-state index >= 15 is 0 Å². The monoisotopic (exact) mass is 403 g/mol. The molecule has 0 heterocycles. The minimum atomic E-state index is -0.593. The minimum absolute atomic E-state index is 0. The van der Waals surface area contributed by atoms with E-state index in [1.54, 1.807) is 6.92 Å². The Labute approximate surface area is 153 Å². The predicted octanol–water partition coefficient (Wildman–Crippen LogP) is 4.25. The molecule has 6 heteroatoms. The Morgan fingerprint density at radius 3 is 2.44 bits per heavy atom. The summed E-state index contributed by atoms with van der Waals surface area (Å²) in [5.41, 5.74) is 2.16. The molecular formula is C12H12ArBr2FNO. The number of rotatable bonds is 4. The molecule has 0 aliphatic heterocycles. The van der Waals surface area contributed by atoms with E-state index in [0.717, 1.165) is 20.0 Å². The first-order chi connectivity index (χ1) is 8.02. The maximum Gasteiger partial charge on any atom is 0.250 e. The summed E-state index contributed by atoms with van der Waals surface area (Å²) in [5.74, 6) is -0.961. The fraction of sp³-hybridized carbons (Fsp3) is 0.250. The smallest absolute Gasteiger partial charge is 0.250 e. The van der Waals surface area contributed by atoms with Crippen LogP contribution in [0.4, 0.5) is 4.48 Å². The van der Waals surface area contributed by atoms with Gasteiger partial charge in [0.15, 0.2) is 0 Å². The number of hydrogen-bond donors (Lipinski definition) is 1. The molecule has 1 amide bonds. The van der Waals surface area contributed by atoms with Crippen LogP contribution < -0.4 is 5.54 Å². The van der Waals surface area contributed by atoms with E-state index in [1.807, 2.05) is 30.4 Å². The van der Waals surface area contributed by atoms with E-state index in [2.05, 4.69) is 31.9 Å². The van der Waals surface area contributed by atoms with Crippen molar-refractivity contribution < 1.29 is 47.0 Å². The number of halogens is 3. The Hall–Kier alpha value is 0.580. The molecule has 0 aromatic heterocycles. The van der Waals surface area contributed by atoms with Gasteiger partial charge < -0.3 is 0 Å². The van der Waals surface area contributed by atoms with E-state index in [0.29, 0.717) is 6.42 Å². The molecule has 0 saturated heterocycles. The van der Waals surface area contributed by atoms with Gasteiger partial charge in [-0.3, -0.25) is 4.79 Å². The third-order valence-electron chi connectivity index (χ3n) is 2.23. The number of carbonyl (C=O) groups excluding carboxylic acids is 1. The Balaban J connectivity index is 0.00000289. The molecule has 0 aliphatic carbocycles. The molecule has 0 bridgehead atoms. The van der Waals surface area contributed by atoms with E-state index < -0.39 is 5.91 Å². The van der Waals surface area contributed by atoms with Crippen LogP contribution in [0.15, 0.2) is 33.2 Å². The van der Waals surface area contributed by atoms with Crippen molar-refractivity contribution in [2.75, 3.05) is 0 Å². The van der Waals surface area contributed by atoms with Crippen LogP contribution in [-0.4, -0.2) is 5.91 Å². The number of amides is 1. The van der Waals surface area contributed by atoms with Crippen molar-refractivity contribution in [2.24, 2.45) is 5.92 Å². The van der Waals surface area contributed by atoms with Crippen molar-refractivity contribution in [3.63, 3.8) is 0 Å². The summed E-state index contributed by atoms with van der Waals surface area (Å²) >= 11 is 6.78. The van der Waals surface area contributed by atoms with Gasteiger partial charge in [0.05, 0.1) is 0 Å². The van der Waals surface area contributed by atoms with Gasteiger partial charge >= 0.3 is 0 Å². The zero-order valence-electron chi connectivity index (χ0n) is 9.57. The van der Waals surface area contributed by atoms with Crippen molar-refractivity contribution >= 4 is 43.8 Å². The molecule has 1 aromatic carbocycles. The van der Waals surface area contributed by atoms with Gasteiger partial charge in [0.1, 0.15) is 0 Å². The van der Waals surface area contributed by atoms with Gasteiger partial charge in [0, 0.05) is 52.6 Å². The zero-order chi connectivity index (χ0) is 12.8. The van der Waals surface area contributed by atoms with Crippen molar-refractivity contribution in [2.45, 2.75) is 13.3 Å². The van der Waals surface area contributed by atoms with E-state index in [-0.39, 0.29) is 43.7 Å². The molecule has 0 saturated carbocycles. The van der Waals surface area contributed by atoms with Crippen LogP contribution in [0.2, 0.25) is 0 Å². The van der Waals surface area contributed by atoms with Crippen molar-refractivity contribution in [3.05, 3.63) is 38.8 Å². The van der Waals surface area contributed by atoms with Gasteiger partial charge in [-0.25, -0.2) is 0 Å². The molecule has 1 atom stereocenters. The second kappa shape index (κ2) is 9.48. The third kappa shape index (κ3) is 6.66. The van der Waals surface area contributed by atoms with E-state index in [9.17, 15) is 9.28 Å². The topological polar surface area (TPSA) is 29.1 Å². The molecular weight excluding hydrogens is 393 g/mol. The van der Waals surface area contributed by atoms with Crippen LogP contribution in [0.1, 0.15) is 18.9 Å². The predicted molar refractivity (Wildman–Crippen MR) is 73.9 cm³/mol. The molecule has 1 rings (SSSR count). The van der Waals surface area contributed by atoms with Gasteiger partial charge in [0.2, 0.25) is 0 Å². The summed E-state index contributed by atoms with van der Waals surface area (Å²) in [6.07, 6.45) is 4.26. The average Bonchev–Trinajstić information content (AvgIpc) is 2.26. The number of benzene rings is 1. The van der Waals surface area contributed by atoms with Crippen molar-refractivity contribution in [1.29, 1.82) is 0 Å². The fourth-order valence-electron chi connectivity index (χ4n) is 1.28. The summed E-state index contributed by atoms with van der Waals surface area (Å²) in [6, 6.07) is 5.86. The Bertz CT molecular complexity index is 420. The van der Waals surface area contributed by atoms with Gasteiger partial charge in [0.25, 0.3) is 5.91 Å². The summed E-state index contributed by atoms with van der Waals surface area (Å²) in [5, 5.41) is 0. The second-order valence-electron chi connectivity index (χ2n) is 3.70. The zero-order valence-corrected chi connectivity index (χ0v) is 13.4. The fourth-order valence-corrected chi connectivity index (χ4v) is 2.61. The van der Waals surface area contributed by atoms with Crippen molar-refractivity contribution in [1.82, 2.24) is 5.54 Å². The van der Waals surface area contributed by atoms with Gasteiger partial charge in [-0.2, -0.15) is 5.54 Å². The first-order valence-corrected chi connectivity index (χ1v) is 6.64. The third-order valence-corrected chi connectivity index (χ3v) is 3.14. The largest absolute Gasteiger partial charge is 0.272 e. The molecule has 0 unspecified atom stereocenters. The Morgan fingerprint density at radius 1 is 1.39 bits per heavy atom. The maximum absolute atomic E-state index is 11.9. The maximum atomic E-state index is 11.9. The number of carbonyl (C=O) groups is 1. The number of nitrogens with one attached hydrogen (secondary N) is 1. The first-order valence-electron chi connectivity index (χ1n) is 5.06. The summed E-state index contributed by atoms with van der Waals surface area (Å²) in [4.78, 5) is 10.9. The average molecular weight is 405 g/mol. The summed E-state index contributed by atoms with van der Waals surface area (Å²) < 4.78 is 13.8. The van der Waals surface area contributed by atoms with Crippen LogP contribution in [0.25, 0.3) is 6.08 Å². The van der Waals surface area contributed by atoms with Gasteiger partial charge in [-0.15, -0.1) is 4.48 Å². The quantitative estimate of drug-likeness (QED) is 0.746. The van der Waals surface area contributed by atoms with Crippen LogP contribution in [0, 0.1) is 43.7 Å². The van der Waals surface area contributed by atoms with Crippen molar-refractivity contribution in [3.8, 4) is 0 Å². The molecule has 1 aromatic rings. The number of allylic oxidation sites excluding steroid dienone is 1. The Morgan fingerprint density at radius 2 is 1.94 bits per heavy atom. The van der Waals surface area contributed by atoms with Crippen LogP contribution >= 0.6 is 31.9 Å². The first kappa shape index (κ1) is 18.6. The van der Waals surface area contributed by atoms with Gasteiger partial charge in [-0.05, 0) is 30.2 Å². The molecule has 0 fully saturated rings. The van der Waals surface area contributed by atoms with E-state index in [1.165, 1.54) is 0 Å². The molecule has 2 nitrogen and oxygen atoms in total. The summed E-state index contributed by atoms with van der Waals surface area (Å²) in [6.45, 7) is 1.68. The minimum Gasteiger partial charge on any atom is -0.272 e.